The maximum atomic E-state index is 4.27. The smallest absolute Gasteiger partial charge is 0.188 e. The number of anilines is 2. The fourth-order valence-corrected chi connectivity index (χ4v) is 2.68. The summed E-state index contributed by atoms with van der Waals surface area (Å²) in [5, 5.41) is 6.10. The topological polar surface area (TPSA) is 24.9 Å². The first kappa shape index (κ1) is 11.0. The average Bonchev–Trinajstić information content (AvgIpc) is 2.65. The van der Waals surface area contributed by atoms with Gasteiger partial charge in [-0.05, 0) is 46.5 Å². The summed E-state index contributed by atoms with van der Waals surface area (Å²) in [6.07, 6.45) is 2.07. The summed E-state index contributed by atoms with van der Waals surface area (Å²) in [5.74, 6) is 0. The Morgan fingerprint density at radius 2 is 2.07 bits per heavy atom. The van der Waals surface area contributed by atoms with Crippen LogP contribution in [0, 0.1) is 0 Å². The van der Waals surface area contributed by atoms with Crippen molar-refractivity contribution < 1.29 is 0 Å². The third kappa shape index (κ3) is 2.96. The first-order valence-electron chi connectivity index (χ1n) is 4.30. The van der Waals surface area contributed by atoms with Crippen molar-refractivity contribution in [2.45, 2.75) is 4.90 Å². The summed E-state index contributed by atoms with van der Waals surface area (Å²) >= 11 is 6.64. The predicted molar refractivity (Wildman–Crippen MR) is 71.3 cm³/mol. The molecular formula is C10H9BrN2S2. The molecule has 0 bridgehead atoms. The summed E-state index contributed by atoms with van der Waals surface area (Å²) in [7, 11) is 0. The highest BCUT2D eigenvalue weighted by Gasteiger charge is 1.99. The van der Waals surface area contributed by atoms with Crippen molar-refractivity contribution in [1.29, 1.82) is 0 Å². The van der Waals surface area contributed by atoms with Gasteiger partial charge >= 0.3 is 0 Å². The van der Waals surface area contributed by atoms with Crippen LogP contribution in [0.4, 0.5) is 10.8 Å². The molecule has 0 fully saturated rings. The third-order valence-corrected chi connectivity index (χ3v) is 4.03. The van der Waals surface area contributed by atoms with Gasteiger partial charge in [-0.3, -0.25) is 0 Å². The van der Waals surface area contributed by atoms with E-state index in [1.165, 1.54) is 4.90 Å². The van der Waals surface area contributed by atoms with Crippen molar-refractivity contribution in [3.8, 4) is 0 Å². The molecule has 0 saturated carbocycles. The first-order valence-corrected chi connectivity index (χ1v) is 7.20. The lowest BCUT2D eigenvalue weighted by Gasteiger charge is -2.02. The van der Waals surface area contributed by atoms with E-state index in [-0.39, 0.29) is 0 Å². The van der Waals surface area contributed by atoms with Crippen LogP contribution in [0.1, 0.15) is 0 Å². The van der Waals surface area contributed by atoms with E-state index < -0.39 is 0 Å². The minimum Gasteiger partial charge on any atom is -0.332 e. The monoisotopic (exact) mass is 300 g/mol. The SMILES string of the molecule is CSc1ccc(Nc2nc(Br)cs2)cc1. The molecule has 0 amide bonds. The molecule has 78 valence electrons. The van der Waals surface area contributed by atoms with E-state index in [0.717, 1.165) is 15.4 Å². The number of nitrogens with one attached hydrogen (secondary N) is 1. The van der Waals surface area contributed by atoms with E-state index in [0.29, 0.717) is 0 Å². The highest BCUT2D eigenvalue weighted by Crippen LogP contribution is 2.24. The van der Waals surface area contributed by atoms with Gasteiger partial charge in [0.05, 0.1) is 0 Å². The maximum absolute atomic E-state index is 4.27. The number of halogens is 1. The van der Waals surface area contributed by atoms with Crippen molar-refractivity contribution >= 4 is 49.8 Å². The minimum atomic E-state index is 0.871. The molecule has 0 aliphatic heterocycles. The maximum Gasteiger partial charge on any atom is 0.188 e. The average molecular weight is 301 g/mol. The Balaban J connectivity index is 2.11. The molecule has 15 heavy (non-hydrogen) atoms. The first-order chi connectivity index (χ1) is 7.28. The highest BCUT2D eigenvalue weighted by atomic mass is 79.9. The molecule has 1 aromatic carbocycles. The largest absolute Gasteiger partial charge is 0.332 e. The number of rotatable bonds is 3. The Morgan fingerprint density at radius 1 is 1.33 bits per heavy atom. The third-order valence-electron chi connectivity index (χ3n) is 1.82. The van der Waals surface area contributed by atoms with Gasteiger partial charge in [-0.25, -0.2) is 4.98 Å². The molecule has 0 spiro atoms. The molecule has 2 nitrogen and oxygen atoms in total. The molecule has 0 aliphatic carbocycles. The summed E-state index contributed by atoms with van der Waals surface area (Å²) < 4.78 is 0.871. The van der Waals surface area contributed by atoms with Gasteiger partial charge in [0.15, 0.2) is 5.13 Å². The van der Waals surface area contributed by atoms with Crippen molar-refractivity contribution in [2.75, 3.05) is 11.6 Å². The van der Waals surface area contributed by atoms with E-state index in [2.05, 4.69) is 56.8 Å². The molecule has 0 aliphatic rings. The van der Waals surface area contributed by atoms with E-state index in [1.54, 1.807) is 23.1 Å². The molecule has 1 aromatic heterocycles. The number of benzene rings is 1. The van der Waals surface area contributed by atoms with E-state index in [4.69, 9.17) is 0 Å². The summed E-state index contributed by atoms with van der Waals surface area (Å²) in [4.78, 5) is 5.53. The van der Waals surface area contributed by atoms with Crippen LogP contribution in [-0.2, 0) is 0 Å². The molecule has 2 rings (SSSR count). The van der Waals surface area contributed by atoms with Crippen LogP contribution in [0.15, 0.2) is 39.1 Å². The summed E-state index contributed by atoms with van der Waals surface area (Å²) in [6, 6.07) is 8.30. The van der Waals surface area contributed by atoms with Crippen molar-refractivity contribution in [1.82, 2.24) is 4.98 Å². The van der Waals surface area contributed by atoms with E-state index >= 15 is 0 Å². The zero-order valence-corrected chi connectivity index (χ0v) is 11.2. The molecular weight excluding hydrogens is 292 g/mol. The van der Waals surface area contributed by atoms with Gasteiger partial charge in [0.25, 0.3) is 0 Å². The van der Waals surface area contributed by atoms with Crippen LogP contribution in [-0.4, -0.2) is 11.2 Å². The Morgan fingerprint density at radius 3 is 2.60 bits per heavy atom. The fraction of sp³-hybridized carbons (Fsp3) is 0.100. The van der Waals surface area contributed by atoms with Crippen LogP contribution in [0.2, 0.25) is 0 Å². The quantitative estimate of drug-likeness (QED) is 0.852. The predicted octanol–water partition coefficient (Wildman–Crippen LogP) is 4.37. The van der Waals surface area contributed by atoms with Crippen molar-refractivity contribution in [2.24, 2.45) is 0 Å². The van der Waals surface area contributed by atoms with Gasteiger partial charge in [0, 0.05) is 16.0 Å². The number of hydrogen-bond donors (Lipinski definition) is 1. The second-order valence-corrected chi connectivity index (χ2v) is 5.38. The van der Waals surface area contributed by atoms with E-state index in [9.17, 15) is 0 Å². The Labute approximate surface area is 105 Å². The fourth-order valence-electron chi connectivity index (χ4n) is 1.11. The van der Waals surface area contributed by atoms with Crippen LogP contribution in [0.5, 0.6) is 0 Å². The highest BCUT2D eigenvalue weighted by molar-refractivity contribution is 9.10. The molecule has 2 aromatic rings. The molecule has 5 heteroatoms. The van der Waals surface area contributed by atoms with E-state index in [1.807, 2.05) is 5.38 Å². The number of aromatic nitrogens is 1. The zero-order valence-electron chi connectivity index (χ0n) is 8.03. The standard InChI is InChI=1S/C10H9BrN2S2/c1-14-8-4-2-7(3-5-8)12-10-13-9(11)6-15-10/h2-6H,1H3,(H,12,13). The molecule has 0 atom stereocenters. The van der Waals surface area contributed by atoms with Crippen LogP contribution < -0.4 is 5.32 Å². The second-order valence-electron chi connectivity index (χ2n) is 2.83. The molecule has 1 heterocycles. The number of hydrogen-bond acceptors (Lipinski definition) is 4. The van der Waals surface area contributed by atoms with Gasteiger partial charge in [-0.2, -0.15) is 0 Å². The lowest BCUT2D eigenvalue weighted by atomic mass is 10.3. The lowest BCUT2D eigenvalue weighted by molar-refractivity contribution is 1.34. The van der Waals surface area contributed by atoms with Gasteiger partial charge in [0.2, 0.25) is 0 Å². The zero-order chi connectivity index (χ0) is 10.7. The van der Waals surface area contributed by atoms with Crippen molar-refractivity contribution in [3.05, 3.63) is 34.2 Å². The van der Waals surface area contributed by atoms with Gasteiger partial charge in [0.1, 0.15) is 4.60 Å². The molecule has 0 radical (unpaired) electrons. The lowest BCUT2D eigenvalue weighted by Crippen LogP contribution is -1.88. The summed E-state index contributed by atoms with van der Waals surface area (Å²) in [5.41, 5.74) is 1.06. The van der Waals surface area contributed by atoms with Crippen molar-refractivity contribution in [3.63, 3.8) is 0 Å². The number of thioether (sulfide) groups is 1. The van der Waals surface area contributed by atoms with Gasteiger partial charge in [-0.1, -0.05) is 0 Å². The second kappa shape index (κ2) is 5.01. The Bertz CT molecular complexity index is 439. The minimum absolute atomic E-state index is 0.871. The van der Waals surface area contributed by atoms with Gasteiger partial charge < -0.3 is 5.32 Å². The van der Waals surface area contributed by atoms with Crippen LogP contribution in [0.25, 0.3) is 0 Å². The van der Waals surface area contributed by atoms with Crippen LogP contribution in [0.3, 0.4) is 0 Å². The molecule has 1 N–H and O–H groups in total. The van der Waals surface area contributed by atoms with Gasteiger partial charge in [-0.15, -0.1) is 23.1 Å². The molecule has 0 saturated heterocycles. The summed E-state index contributed by atoms with van der Waals surface area (Å²) in [6.45, 7) is 0. The molecule has 0 unspecified atom stereocenters. The Hall–Kier alpha value is -0.520. The number of nitrogens with zero attached hydrogens (tertiary/aromatic N) is 1. The Kier molecular flexibility index (Phi) is 3.66. The number of thiazole rings is 1. The normalized spacial score (nSPS) is 10.3. The van der Waals surface area contributed by atoms with Crippen LogP contribution >= 0.6 is 39.0 Å².